The van der Waals surface area contributed by atoms with Crippen molar-refractivity contribution in [1.29, 1.82) is 0 Å². The second-order valence-electron chi connectivity index (χ2n) is 9.21. The van der Waals surface area contributed by atoms with Gasteiger partial charge >= 0.3 is 0 Å². The molecule has 0 bridgehead atoms. The fraction of sp³-hybridized carbons (Fsp3) is 0.680. The third-order valence-corrected chi connectivity index (χ3v) is 7.57. The first-order valence-electron chi connectivity index (χ1n) is 11.2. The zero-order valence-corrected chi connectivity index (χ0v) is 17.4. The van der Waals surface area contributed by atoms with Gasteiger partial charge in [-0.15, -0.1) is 0 Å². The van der Waals surface area contributed by atoms with Gasteiger partial charge in [-0.2, -0.15) is 0 Å². The van der Waals surface area contributed by atoms with E-state index in [2.05, 4.69) is 38.1 Å². The van der Waals surface area contributed by atoms with Crippen molar-refractivity contribution in [3.63, 3.8) is 0 Å². The molecule has 3 aliphatic carbocycles. The first-order chi connectivity index (χ1) is 13.2. The molecule has 3 aliphatic rings. The maximum atomic E-state index is 6.38. The molecule has 0 aliphatic heterocycles. The average molecular weight is 369 g/mol. The number of fused-ring (bicyclic) bond motifs is 5. The van der Waals surface area contributed by atoms with Gasteiger partial charge in [0.15, 0.2) is 0 Å². The van der Waals surface area contributed by atoms with Crippen LogP contribution in [0.15, 0.2) is 24.3 Å². The Hall–Kier alpha value is -1.44. The molecule has 1 saturated carbocycles. The lowest BCUT2D eigenvalue weighted by atomic mass is 9.55. The van der Waals surface area contributed by atoms with E-state index in [9.17, 15) is 0 Å². The highest BCUT2D eigenvalue weighted by Gasteiger charge is 2.49. The van der Waals surface area contributed by atoms with E-state index in [1.54, 1.807) is 7.11 Å². The van der Waals surface area contributed by atoms with Crippen LogP contribution in [-0.4, -0.2) is 13.7 Å². The molecule has 0 amide bonds. The highest BCUT2D eigenvalue weighted by molar-refractivity contribution is 5.51. The first-order valence-corrected chi connectivity index (χ1v) is 11.2. The van der Waals surface area contributed by atoms with E-state index in [4.69, 9.17) is 9.47 Å². The lowest BCUT2D eigenvalue weighted by Crippen LogP contribution is -2.39. The van der Waals surface area contributed by atoms with E-state index >= 15 is 0 Å². The predicted octanol–water partition coefficient (Wildman–Crippen LogP) is 6.68. The van der Waals surface area contributed by atoms with Gasteiger partial charge in [0.1, 0.15) is 11.5 Å². The molecule has 1 aromatic rings. The lowest BCUT2D eigenvalue weighted by molar-refractivity contribution is 0.0809. The van der Waals surface area contributed by atoms with Crippen LogP contribution in [0.1, 0.15) is 82.3 Å². The molecule has 2 nitrogen and oxygen atoms in total. The van der Waals surface area contributed by atoms with E-state index < -0.39 is 0 Å². The van der Waals surface area contributed by atoms with Crippen molar-refractivity contribution in [3.8, 4) is 11.5 Å². The molecule has 0 heterocycles. The third-order valence-electron chi connectivity index (χ3n) is 7.57. The maximum absolute atomic E-state index is 6.38. The number of ether oxygens (including phenoxy) is 2. The summed E-state index contributed by atoms with van der Waals surface area (Å²) in [5.41, 5.74) is 3.44. The highest BCUT2D eigenvalue weighted by atomic mass is 16.5. The van der Waals surface area contributed by atoms with Gasteiger partial charge < -0.3 is 9.47 Å². The molecule has 4 rings (SSSR count). The Balaban J connectivity index is 1.59. The Morgan fingerprint density at radius 2 is 2.04 bits per heavy atom. The van der Waals surface area contributed by atoms with Crippen LogP contribution in [-0.2, 0) is 6.42 Å². The first kappa shape index (κ1) is 18.9. The van der Waals surface area contributed by atoms with E-state index in [1.165, 1.54) is 62.5 Å². The minimum absolute atomic E-state index is 0.437. The molecule has 1 fully saturated rings. The maximum Gasteiger partial charge on any atom is 0.126 e. The summed E-state index contributed by atoms with van der Waals surface area (Å²) in [4.78, 5) is 0. The fourth-order valence-electron chi connectivity index (χ4n) is 6.09. The second-order valence-corrected chi connectivity index (χ2v) is 9.21. The van der Waals surface area contributed by atoms with Gasteiger partial charge in [-0.1, -0.05) is 45.3 Å². The summed E-state index contributed by atoms with van der Waals surface area (Å²) in [5.74, 6) is 4.37. The predicted molar refractivity (Wildman–Crippen MR) is 112 cm³/mol. The van der Waals surface area contributed by atoms with E-state index in [1.807, 2.05) is 0 Å². The Labute approximate surface area is 165 Å². The lowest BCUT2D eigenvalue weighted by Gasteiger charge is -2.49. The number of unbranched alkanes of at least 4 members (excludes halogenated alkanes) is 3. The molecule has 1 aromatic carbocycles. The number of hydrogen-bond acceptors (Lipinski definition) is 2. The fourth-order valence-corrected chi connectivity index (χ4v) is 6.09. The van der Waals surface area contributed by atoms with Crippen molar-refractivity contribution in [2.45, 2.75) is 77.6 Å². The third kappa shape index (κ3) is 3.52. The molecule has 4 atom stereocenters. The number of aryl methyl sites for hydroxylation is 1. The van der Waals surface area contributed by atoms with Gasteiger partial charge in [0.05, 0.1) is 13.7 Å². The van der Waals surface area contributed by atoms with Crippen molar-refractivity contribution in [2.75, 3.05) is 13.7 Å². The van der Waals surface area contributed by atoms with Crippen LogP contribution >= 0.6 is 0 Å². The molecular formula is C25H36O2. The number of benzene rings is 1. The number of methoxy groups -OCH3 is 1. The van der Waals surface area contributed by atoms with Crippen molar-refractivity contribution in [1.82, 2.24) is 0 Å². The molecule has 0 radical (unpaired) electrons. The Morgan fingerprint density at radius 1 is 1.15 bits per heavy atom. The van der Waals surface area contributed by atoms with Crippen LogP contribution in [0.4, 0.5) is 0 Å². The van der Waals surface area contributed by atoms with Crippen LogP contribution in [0.3, 0.4) is 0 Å². The summed E-state index contributed by atoms with van der Waals surface area (Å²) in [6.45, 7) is 5.58. The van der Waals surface area contributed by atoms with Gasteiger partial charge in [-0.05, 0) is 73.3 Å². The molecule has 0 saturated heterocycles. The van der Waals surface area contributed by atoms with Crippen LogP contribution in [0.2, 0.25) is 0 Å². The Kier molecular flexibility index (Phi) is 5.53. The molecule has 2 heteroatoms. The standard InChI is InChI=1S/C25H36O2/c1-4-5-6-7-15-27-23-17-19(26-3)16-18-10-11-20-21(24(18)23)12-14-25(2)13-8-9-22(20)25/h8,13,16-17,20-22H,4-7,9-12,14-15H2,1-3H3/t20-,21+,22+,25+/m1/s1. The molecular weight excluding hydrogens is 332 g/mol. The summed E-state index contributed by atoms with van der Waals surface area (Å²) >= 11 is 0. The zero-order chi connectivity index (χ0) is 18.9. The van der Waals surface area contributed by atoms with Gasteiger partial charge in [0, 0.05) is 11.6 Å². The minimum atomic E-state index is 0.437. The molecule has 0 spiro atoms. The second kappa shape index (κ2) is 7.89. The topological polar surface area (TPSA) is 18.5 Å². The smallest absolute Gasteiger partial charge is 0.126 e. The van der Waals surface area contributed by atoms with Crippen LogP contribution < -0.4 is 9.47 Å². The van der Waals surface area contributed by atoms with Crippen molar-refractivity contribution in [3.05, 3.63) is 35.4 Å². The summed E-state index contributed by atoms with van der Waals surface area (Å²) < 4.78 is 12.0. The summed E-state index contributed by atoms with van der Waals surface area (Å²) in [6, 6.07) is 4.43. The van der Waals surface area contributed by atoms with Gasteiger partial charge in [-0.3, -0.25) is 0 Å². The van der Waals surface area contributed by atoms with Crippen molar-refractivity contribution in [2.24, 2.45) is 17.3 Å². The van der Waals surface area contributed by atoms with E-state index in [0.717, 1.165) is 36.4 Å². The number of hydrogen-bond donors (Lipinski definition) is 0. The van der Waals surface area contributed by atoms with E-state index in [-0.39, 0.29) is 0 Å². The number of rotatable bonds is 7. The largest absolute Gasteiger partial charge is 0.497 e. The van der Waals surface area contributed by atoms with Crippen molar-refractivity contribution >= 4 is 0 Å². The zero-order valence-electron chi connectivity index (χ0n) is 17.4. The number of allylic oxidation sites excluding steroid dienone is 2. The normalized spacial score (nSPS) is 31.1. The molecule has 0 unspecified atom stereocenters. The van der Waals surface area contributed by atoms with Crippen molar-refractivity contribution < 1.29 is 9.47 Å². The summed E-state index contributed by atoms with van der Waals surface area (Å²) in [6.07, 6.45) is 16.3. The van der Waals surface area contributed by atoms with Gasteiger partial charge in [0.25, 0.3) is 0 Å². The van der Waals surface area contributed by atoms with E-state index in [0.29, 0.717) is 11.3 Å². The Bertz CT molecular complexity index is 692. The minimum Gasteiger partial charge on any atom is -0.497 e. The van der Waals surface area contributed by atoms with Gasteiger partial charge in [0.2, 0.25) is 0 Å². The molecule has 148 valence electrons. The summed E-state index contributed by atoms with van der Waals surface area (Å²) in [5, 5.41) is 0. The summed E-state index contributed by atoms with van der Waals surface area (Å²) in [7, 11) is 1.77. The van der Waals surface area contributed by atoms with Crippen LogP contribution in [0, 0.1) is 17.3 Å². The molecule has 0 N–H and O–H groups in total. The SMILES string of the molecule is CCCCCCOc1cc(OC)cc2c1[C@H]1CC[C@]3(C)C=CC[C@H]3[C@@H]1CC2. The average Bonchev–Trinajstić information content (AvgIpc) is 3.09. The Morgan fingerprint density at radius 3 is 2.85 bits per heavy atom. The molecule has 0 aromatic heterocycles. The quantitative estimate of drug-likeness (QED) is 0.395. The molecule has 27 heavy (non-hydrogen) atoms. The van der Waals surface area contributed by atoms with Gasteiger partial charge in [-0.25, -0.2) is 0 Å². The van der Waals surface area contributed by atoms with Crippen LogP contribution in [0.5, 0.6) is 11.5 Å². The van der Waals surface area contributed by atoms with Crippen LogP contribution in [0.25, 0.3) is 0 Å². The highest BCUT2D eigenvalue weighted by Crippen LogP contribution is 2.60. The monoisotopic (exact) mass is 368 g/mol.